The number of amides is 1. The largest absolute Gasteiger partial charge is 0.467 e. The fourth-order valence-corrected chi connectivity index (χ4v) is 1.59. The zero-order chi connectivity index (χ0) is 13.4. The van der Waals surface area contributed by atoms with E-state index in [-0.39, 0.29) is 18.0 Å². The molecule has 0 spiro atoms. The van der Waals surface area contributed by atoms with Gasteiger partial charge < -0.3 is 19.8 Å². The quantitative estimate of drug-likeness (QED) is 0.734. The lowest BCUT2D eigenvalue weighted by atomic mass is 10.2. The Morgan fingerprint density at radius 3 is 2.89 bits per heavy atom. The molecule has 0 aromatic carbocycles. The topological polar surface area (TPSA) is 63.5 Å². The van der Waals surface area contributed by atoms with Gasteiger partial charge in [0.05, 0.1) is 25.5 Å². The number of hydrogen-bond donors (Lipinski definition) is 2. The summed E-state index contributed by atoms with van der Waals surface area (Å²) in [4.78, 5) is 11.8. The monoisotopic (exact) mass is 254 g/mol. The van der Waals surface area contributed by atoms with Gasteiger partial charge in [0.25, 0.3) is 0 Å². The molecule has 1 aromatic rings. The van der Waals surface area contributed by atoms with Crippen LogP contribution in [0.2, 0.25) is 0 Å². The first-order chi connectivity index (χ1) is 8.63. The minimum atomic E-state index is -0.254. The molecule has 5 heteroatoms. The van der Waals surface area contributed by atoms with Crippen LogP contribution in [0.25, 0.3) is 0 Å². The highest BCUT2D eigenvalue weighted by Crippen LogP contribution is 1.99. The zero-order valence-electron chi connectivity index (χ0n) is 11.2. The number of furan rings is 1. The van der Waals surface area contributed by atoms with Crippen LogP contribution in [0.15, 0.2) is 22.8 Å². The summed E-state index contributed by atoms with van der Waals surface area (Å²) < 4.78 is 10.4. The highest BCUT2D eigenvalue weighted by molar-refractivity contribution is 5.81. The van der Waals surface area contributed by atoms with Crippen molar-refractivity contribution in [2.45, 2.75) is 39.4 Å². The highest BCUT2D eigenvalue weighted by Gasteiger charge is 2.15. The van der Waals surface area contributed by atoms with E-state index in [2.05, 4.69) is 10.6 Å². The summed E-state index contributed by atoms with van der Waals surface area (Å²) in [5.74, 6) is 0.702. The third-order valence-corrected chi connectivity index (χ3v) is 2.52. The van der Waals surface area contributed by atoms with E-state index >= 15 is 0 Å². The Kier molecular flexibility index (Phi) is 6.46. The van der Waals surface area contributed by atoms with Gasteiger partial charge in [-0.3, -0.25) is 4.79 Å². The fraction of sp³-hybridized carbons (Fsp3) is 0.615. The number of hydrogen-bond acceptors (Lipinski definition) is 4. The average Bonchev–Trinajstić information content (AvgIpc) is 2.86. The maximum atomic E-state index is 11.8. The number of carbonyl (C=O) groups excluding carboxylic acids is 1. The van der Waals surface area contributed by atoms with Gasteiger partial charge in [0, 0.05) is 12.6 Å². The Hall–Kier alpha value is -1.33. The van der Waals surface area contributed by atoms with E-state index < -0.39 is 0 Å². The molecule has 2 N–H and O–H groups in total. The number of ether oxygens (including phenoxy) is 1. The second-order valence-corrected chi connectivity index (χ2v) is 4.25. The maximum Gasteiger partial charge on any atom is 0.237 e. The van der Waals surface area contributed by atoms with Gasteiger partial charge in [0.2, 0.25) is 5.91 Å². The van der Waals surface area contributed by atoms with E-state index in [0.717, 1.165) is 5.76 Å². The predicted octanol–water partition coefficient (Wildman–Crippen LogP) is 1.30. The Labute approximate surface area is 108 Å². The molecule has 0 aliphatic rings. The summed E-state index contributed by atoms with van der Waals surface area (Å²) in [6, 6.07) is 3.52. The Bertz CT molecular complexity index is 338. The Morgan fingerprint density at radius 2 is 2.28 bits per heavy atom. The van der Waals surface area contributed by atoms with Crippen LogP contribution >= 0.6 is 0 Å². The molecule has 2 atom stereocenters. The molecule has 18 heavy (non-hydrogen) atoms. The van der Waals surface area contributed by atoms with Crippen LogP contribution in [-0.2, 0) is 16.1 Å². The van der Waals surface area contributed by atoms with Crippen molar-refractivity contribution in [3.05, 3.63) is 24.2 Å². The van der Waals surface area contributed by atoms with E-state index in [9.17, 15) is 4.79 Å². The molecule has 102 valence electrons. The van der Waals surface area contributed by atoms with Gasteiger partial charge in [-0.2, -0.15) is 0 Å². The summed E-state index contributed by atoms with van der Waals surface area (Å²) in [5, 5.41) is 5.99. The number of rotatable bonds is 8. The third-order valence-electron chi connectivity index (χ3n) is 2.52. The lowest BCUT2D eigenvalue weighted by Crippen LogP contribution is -2.46. The van der Waals surface area contributed by atoms with Gasteiger partial charge in [-0.25, -0.2) is 0 Å². The van der Waals surface area contributed by atoms with Gasteiger partial charge in [-0.05, 0) is 32.9 Å². The van der Waals surface area contributed by atoms with E-state index in [1.165, 1.54) is 0 Å². The van der Waals surface area contributed by atoms with E-state index in [1.807, 2.05) is 26.8 Å². The van der Waals surface area contributed by atoms with Crippen molar-refractivity contribution in [2.75, 3.05) is 13.2 Å². The summed E-state index contributed by atoms with van der Waals surface area (Å²) in [5.41, 5.74) is 0. The van der Waals surface area contributed by atoms with Crippen LogP contribution < -0.4 is 10.6 Å². The Morgan fingerprint density at radius 1 is 1.50 bits per heavy atom. The molecule has 0 aliphatic heterocycles. The summed E-state index contributed by atoms with van der Waals surface area (Å²) in [7, 11) is 0. The molecule has 0 aliphatic carbocycles. The highest BCUT2D eigenvalue weighted by atomic mass is 16.5. The molecule has 5 nitrogen and oxygen atoms in total. The predicted molar refractivity (Wildman–Crippen MR) is 69.1 cm³/mol. The molecule has 2 unspecified atom stereocenters. The van der Waals surface area contributed by atoms with Crippen molar-refractivity contribution in [3.63, 3.8) is 0 Å². The van der Waals surface area contributed by atoms with Crippen molar-refractivity contribution in [2.24, 2.45) is 0 Å². The van der Waals surface area contributed by atoms with Gasteiger partial charge in [0.15, 0.2) is 0 Å². The standard InChI is InChI=1S/C13H22N2O3/c1-4-17-9-10(2)15-11(3)13(16)14-8-12-6-5-7-18-12/h5-7,10-11,15H,4,8-9H2,1-3H3,(H,14,16). The molecule has 1 amide bonds. The van der Waals surface area contributed by atoms with Gasteiger partial charge in [0.1, 0.15) is 5.76 Å². The molecular formula is C13H22N2O3. The molecule has 0 bridgehead atoms. The van der Waals surface area contributed by atoms with Crippen molar-refractivity contribution in [1.29, 1.82) is 0 Å². The molecule has 0 radical (unpaired) electrons. The molecule has 0 saturated heterocycles. The lowest BCUT2D eigenvalue weighted by Gasteiger charge is -2.19. The molecule has 1 rings (SSSR count). The van der Waals surface area contributed by atoms with Crippen molar-refractivity contribution in [3.8, 4) is 0 Å². The average molecular weight is 254 g/mol. The van der Waals surface area contributed by atoms with Crippen molar-refractivity contribution >= 4 is 5.91 Å². The van der Waals surface area contributed by atoms with Gasteiger partial charge in [-0.1, -0.05) is 0 Å². The van der Waals surface area contributed by atoms with Crippen LogP contribution in [0.1, 0.15) is 26.5 Å². The summed E-state index contributed by atoms with van der Waals surface area (Å²) in [6.45, 7) is 7.48. The first-order valence-corrected chi connectivity index (χ1v) is 6.27. The summed E-state index contributed by atoms with van der Waals surface area (Å²) in [6.07, 6.45) is 1.59. The smallest absolute Gasteiger partial charge is 0.237 e. The van der Waals surface area contributed by atoms with Crippen LogP contribution in [-0.4, -0.2) is 31.2 Å². The van der Waals surface area contributed by atoms with Gasteiger partial charge in [-0.15, -0.1) is 0 Å². The number of nitrogens with one attached hydrogen (secondary N) is 2. The molecule has 0 saturated carbocycles. The SMILES string of the molecule is CCOCC(C)NC(C)C(=O)NCc1ccco1. The molecule has 1 heterocycles. The second-order valence-electron chi connectivity index (χ2n) is 4.25. The molecule has 0 fully saturated rings. The van der Waals surface area contributed by atoms with Crippen molar-refractivity contribution in [1.82, 2.24) is 10.6 Å². The number of carbonyl (C=O) groups is 1. The zero-order valence-corrected chi connectivity index (χ0v) is 11.2. The second kappa shape index (κ2) is 7.89. The van der Waals surface area contributed by atoms with E-state index in [4.69, 9.17) is 9.15 Å². The van der Waals surface area contributed by atoms with Gasteiger partial charge >= 0.3 is 0 Å². The fourth-order valence-electron chi connectivity index (χ4n) is 1.59. The third kappa shape index (κ3) is 5.33. The Balaban J connectivity index is 2.23. The summed E-state index contributed by atoms with van der Waals surface area (Å²) >= 11 is 0. The molecular weight excluding hydrogens is 232 g/mol. The first-order valence-electron chi connectivity index (χ1n) is 6.27. The minimum absolute atomic E-state index is 0.0465. The minimum Gasteiger partial charge on any atom is -0.467 e. The van der Waals surface area contributed by atoms with Crippen molar-refractivity contribution < 1.29 is 13.9 Å². The maximum absolute atomic E-state index is 11.8. The van der Waals surface area contributed by atoms with Crippen LogP contribution in [0.4, 0.5) is 0 Å². The molecule has 1 aromatic heterocycles. The lowest BCUT2D eigenvalue weighted by molar-refractivity contribution is -0.123. The van der Waals surface area contributed by atoms with Crippen LogP contribution in [0.3, 0.4) is 0 Å². The van der Waals surface area contributed by atoms with Crippen LogP contribution in [0, 0.1) is 0 Å². The van der Waals surface area contributed by atoms with Crippen LogP contribution in [0.5, 0.6) is 0 Å². The van der Waals surface area contributed by atoms with E-state index in [0.29, 0.717) is 19.8 Å². The first kappa shape index (κ1) is 14.7. The normalized spacial score (nSPS) is 14.2. The van der Waals surface area contributed by atoms with E-state index in [1.54, 1.807) is 12.3 Å².